The Kier molecular flexibility index (Phi) is 4.19. The monoisotopic (exact) mass is 396 g/mol. The largest absolute Gasteiger partial charge is 0.337 e. The lowest BCUT2D eigenvalue weighted by atomic mass is 10.3. The zero-order valence-corrected chi connectivity index (χ0v) is 12.6. The summed E-state index contributed by atoms with van der Waals surface area (Å²) in [7, 11) is 0. The molecule has 0 unspecified atom stereocenters. The lowest BCUT2D eigenvalue weighted by molar-refractivity contribution is 0.581. The fraction of sp³-hybridized carbons (Fsp3) is 0. The van der Waals surface area contributed by atoms with Crippen molar-refractivity contribution in [2.75, 3.05) is 5.32 Å². The average molecular weight is 398 g/mol. The van der Waals surface area contributed by atoms with Crippen molar-refractivity contribution in [1.29, 1.82) is 0 Å². The second-order valence-corrected chi connectivity index (χ2v) is 5.53. The van der Waals surface area contributed by atoms with Crippen LogP contribution in [0.3, 0.4) is 0 Å². The van der Waals surface area contributed by atoms with Gasteiger partial charge < -0.3 is 5.32 Å². The molecule has 1 heterocycles. The maximum atomic E-state index is 13.5. The molecule has 1 aromatic heterocycles. The molecule has 0 fully saturated rings. The first-order valence-corrected chi connectivity index (χ1v) is 6.66. The fourth-order valence-corrected chi connectivity index (χ4v) is 2.27. The smallest absolute Gasteiger partial charge is 0.149 e. The van der Waals surface area contributed by atoms with Gasteiger partial charge in [0.05, 0.1) is 15.2 Å². The number of hydrogen-bond acceptors (Lipinski definition) is 2. The van der Waals surface area contributed by atoms with Crippen molar-refractivity contribution < 1.29 is 8.78 Å². The lowest BCUT2D eigenvalue weighted by Gasteiger charge is -2.09. The summed E-state index contributed by atoms with van der Waals surface area (Å²) in [6.45, 7) is 0. The minimum absolute atomic E-state index is 0.0833. The highest BCUT2D eigenvalue weighted by Gasteiger charge is 2.10. The van der Waals surface area contributed by atoms with Crippen molar-refractivity contribution in [3.05, 3.63) is 50.0 Å². The van der Waals surface area contributed by atoms with Gasteiger partial charge in [0.15, 0.2) is 0 Å². The van der Waals surface area contributed by atoms with Gasteiger partial charge in [0, 0.05) is 16.7 Å². The minimum atomic E-state index is -0.725. The SMILES string of the molecule is Fc1cc(F)c(Nc2ncc(Br)cc2Cl)cc1Br. The van der Waals surface area contributed by atoms with Crippen molar-refractivity contribution in [1.82, 2.24) is 4.98 Å². The van der Waals surface area contributed by atoms with Crippen molar-refractivity contribution >= 4 is 55.0 Å². The summed E-state index contributed by atoms with van der Waals surface area (Å²) in [5.41, 5.74) is 0.0833. The molecule has 0 bridgehead atoms. The Morgan fingerprint density at radius 1 is 1.11 bits per heavy atom. The van der Waals surface area contributed by atoms with Crippen LogP contribution in [0, 0.1) is 11.6 Å². The maximum Gasteiger partial charge on any atom is 0.149 e. The van der Waals surface area contributed by atoms with E-state index in [9.17, 15) is 8.78 Å². The van der Waals surface area contributed by atoms with E-state index in [-0.39, 0.29) is 16.0 Å². The minimum Gasteiger partial charge on any atom is -0.337 e. The zero-order valence-electron chi connectivity index (χ0n) is 8.65. The summed E-state index contributed by atoms with van der Waals surface area (Å²) in [6, 6.07) is 3.68. The predicted molar refractivity (Wildman–Crippen MR) is 74.3 cm³/mol. The van der Waals surface area contributed by atoms with E-state index in [1.54, 1.807) is 6.07 Å². The van der Waals surface area contributed by atoms with Gasteiger partial charge >= 0.3 is 0 Å². The lowest BCUT2D eigenvalue weighted by Crippen LogP contribution is -1.98. The standard InChI is InChI=1S/C11H5Br2ClF2N2/c12-5-1-7(14)11(17-4-5)18-10-2-6(13)8(15)3-9(10)16/h1-4H,(H,17,18). The molecule has 0 amide bonds. The number of hydrogen-bond donors (Lipinski definition) is 1. The molecule has 0 atom stereocenters. The fourth-order valence-electron chi connectivity index (χ4n) is 1.25. The molecule has 7 heteroatoms. The molecule has 0 spiro atoms. The Morgan fingerprint density at radius 2 is 1.83 bits per heavy atom. The summed E-state index contributed by atoms with van der Waals surface area (Å²) >= 11 is 12.1. The molecule has 0 saturated carbocycles. The van der Waals surface area contributed by atoms with E-state index in [1.807, 2.05) is 0 Å². The quantitative estimate of drug-likeness (QED) is 0.696. The maximum absolute atomic E-state index is 13.5. The summed E-state index contributed by atoms with van der Waals surface area (Å²) in [6.07, 6.45) is 1.52. The summed E-state index contributed by atoms with van der Waals surface area (Å²) < 4.78 is 27.5. The van der Waals surface area contributed by atoms with Gasteiger partial charge in [-0.05, 0) is 44.0 Å². The third kappa shape index (κ3) is 2.99. The van der Waals surface area contributed by atoms with Crippen LogP contribution in [0.5, 0.6) is 0 Å². The van der Waals surface area contributed by atoms with Crippen LogP contribution in [-0.4, -0.2) is 4.98 Å². The molecule has 18 heavy (non-hydrogen) atoms. The van der Waals surface area contributed by atoms with Crippen molar-refractivity contribution in [3.63, 3.8) is 0 Å². The van der Waals surface area contributed by atoms with E-state index in [4.69, 9.17) is 11.6 Å². The molecule has 0 aliphatic carbocycles. The number of nitrogens with zero attached hydrogens (tertiary/aromatic N) is 1. The van der Waals surface area contributed by atoms with E-state index in [0.717, 1.165) is 6.07 Å². The van der Waals surface area contributed by atoms with Crippen LogP contribution < -0.4 is 5.32 Å². The van der Waals surface area contributed by atoms with Crippen molar-refractivity contribution in [2.45, 2.75) is 0 Å². The van der Waals surface area contributed by atoms with E-state index >= 15 is 0 Å². The molecule has 0 aliphatic heterocycles. The van der Waals surface area contributed by atoms with Gasteiger partial charge in [-0.15, -0.1) is 0 Å². The Morgan fingerprint density at radius 3 is 2.50 bits per heavy atom. The van der Waals surface area contributed by atoms with E-state index in [1.165, 1.54) is 12.3 Å². The molecular formula is C11H5Br2ClF2N2. The summed E-state index contributed by atoms with van der Waals surface area (Å²) in [5.74, 6) is -1.11. The normalized spacial score (nSPS) is 10.5. The van der Waals surface area contributed by atoms with Crippen LogP contribution in [0.25, 0.3) is 0 Å². The molecule has 0 aliphatic rings. The van der Waals surface area contributed by atoms with Crippen LogP contribution in [0.4, 0.5) is 20.3 Å². The third-order valence-electron chi connectivity index (χ3n) is 2.07. The van der Waals surface area contributed by atoms with E-state index in [0.29, 0.717) is 9.50 Å². The van der Waals surface area contributed by atoms with Gasteiger partial charge in [-0.25, -0.2) is 13.8 Å². The van der Waals surface area contributed by atoms with Gasteiger partial charge in [-0.3, -0.25) is 0 Å². The van der Waals surface area contributed by atoms with Gasteiger partial charge in [0.1, 0.15) is 17.5 Å². The molecule has 0 radical (unpaired) electrons. The summed E-state index contributed by atoms with van der Waals surface area (Å²) in [4.78, 5) is 4.00. The Hall–Kier alpha value is -0.720. The van der Waals surface area contributed by atoms with Crippen molar-refractivity contribution in [2.24, 2.45) is 0 Å². The number of halogens is 5. The molecule has 0 saturated heterocycles. The molecule has 2 nitrogen and oxygen atoms in total. The van der Waals surface area contributed by atoms with Gasteiger partial charge in [-0.1, -0.05) is 11.6 Å². The Bertz CT molecular complexity index is 608. The average Bonchev–Trinajstić information content (AvgIpc) is 2.29. The number of aromatic nitrogens is 1. The predicted octanol–water partition coefficient (Wildman–Crippen LogP) is 5.28. The first-order chi connectivity index (χ1) is 8.47. The summed E-state index contributed by atoms with van der Waals surface area (Å²) in [5, 5.41) is 3.02. The van der Waals surface area contributed by atoms with Gasteiger partial charge in [0.2, 0.25) is 0 Å². The number of anilines is 2. The molecule has 2 rings (SSSR count). The van der Waals surface area contributed by atoms with Gasteiger partial charge in [-0.2, -0.15) is 0 Å². The Labute approximate surface area is 124 Å². The highest BCUT2D eigenvalue weighted by Crippen LogP contribution is 2.29. The molecule has 94 valence electrons. The number of nitrogens with one attached hydrogen (secondary N) is 1. The highest BCUT2D eigenvalue weighted by atomic mass is 79.9. The molecule has 1 N–H and O–H groups in total. The van der Waals surface area contributed by atoms with Crippen molar-refractivity contribution in [3.8, 4) is 0 Å². The van der Waals surface area contributed by atoms with Crippen LogP contribution in [0.1, 0.15) is 0 Å². The molecular weight excluding hydrogens is 393 g/mol. The number of benzene rings is 1. The van der Waals surface area contributed by atoms with Crippen LogP contribution in [0.2, 0.25) is 5.02 Å². The van der Waals surface area contributed by atoms with Crippen LogP contribution in [0.15, 0.2) is 33.3 Å². The first kappa shape index (κ1) is 13.7. The Balaban J connectivity index is 2.37. The first-order valence-electron chi connectivity index (χ1n) is 4.70. The topological polar surface area (TPSA) is 24.9 Å². The number of pyridine rings is 1. The third-order valence-corrected chi connectivity index (χ3v) is 3.40. The molecule has 1 aromatic carbocycles. The zero-order chi connectivity index (χ0) is 13.3. The second kappa shape index (κ2) is 5.50. The van der Waals surface area contributed by atoms with E-state index < -0.39 is 11.6 Å². The van der Waals surface area contributed by atoms with Crippen LogP contribution >= 0.6 is 43.5 Å². The number of rotatable bonds is 2. The van der Waals surface area contributed by atoms with Crippen LogP contribution in [-0.2, 0) is 0 Å². The molecule has 2 aromatic rings. The second-order valence-electron chi connectivity index (χ2n) is 3.36. The highest BCUT2D eigenvalue weighted by molar-refractivity contribution is 9.10. The van der Waals surface area contributed by atoms with Gasteiger partial charge in [0.25, 0.3) is 0 Å². The van der Waals surface area contributed by atoms with E-state index in [2.05, 4.69) is 42.2 Å².